The van der Waals surface area contributed by atoms with E-state index in [1.807, 2.05) is 6.08 Å². The van der Waals surface area contributed by atoms with Gasteiger partial charge in [-0.1, -0.05) is 31.8 Å². The van der Waals surface area contributed by atoms with E-state index in [0.29, 0.717) is 11.5 Å². The van der Waals surface area contributed by atoms with Crippen LogP contribution in [0.25, 0.3) is 0 Å². The molecular formula is C19H25N3O3. The molecule has 6 heteroatoms. The Labute approximate surface area is 148 Å². The van der Waals surface area contributed by atoms with Gasteiger partial charge in [0, 0.05) is 16.7 Å². The van der Waals surface area contributed by atoms with Crippen LogP contribution in [0.4, 0.5) is 0 Å². The molecule has 6 nitrogen and oxygen atoms in total. The van der Waals surface area contributed by atoms with Crippen LogP contribution in [0, 0.1) is 17.8 Å². The van der Waals surface area contributed by atoms with Crippen molar-refractivity contribution in [3.63, 3.8) is 0 Å². The monoisotopic (exact) mass is 343 g/mol. The Morgan fingerprint density at radius 2 is 1.84 bits per heavy atom. The van der Waals surface area contributed by atoms with Gasteiger partial charge in [0.05, 0.1) is 0 Å². The van der Waals surface area contributed by atoms with Crippen molar-refractivity contribution in [3.05, 3.63) is 47.5 Å². The number of hydroxylamine groups is 1. The highest BCUT2D eigenvalue weighted by Gasteiger charge is 2.33. The van der Waals surface area contributed by atoms with E-state index in [9.17, 15) is 9.59 Å². The summed E-state index contributed by atoms with van der Waals surface area (Å²) in [5, 5.41) is 11.3. The van der Waals surface area contributed by atoms with Crippen LogP contribution in [0.2, 0.25) is 0 Å². The molecule has 1 atom stereocenters. The van der Waals surface area contributed by atoms with Gasteiger partial charge in [0.25, 0.3) is 11.8 Å². The highest BCUT2D eigenvalue weighted by molar-refractivity contribution is 5.97. The third-order valence-electron chi connectivity index (χ3n) is 3.32. The molecule has 0 aliphatic heterocycles. The number of hydrogen-bond acceptors (Lipinski definition) is 4. The summed E-state index contributed by atoms with van der Waals surface area (Å²) in [6.07, 6.45) is 3.79. The number of nitrogens with two attached hydrogens (primary N) is 1. The second kappa shape index (κ2) is 9.02. The molecule has 0 saturated heterocycles. The summed E-state index contributed by atoms with van der Waals surface area (Å²) in [5.41, 5.74) is 7.49. The molecule has 0 heterocycles. The van der Waals surface area contributed by atoms with E-state index in [0.717, 1.165) is 5.56 Å². The smallest absolute Gasteiger partial charge is 0.267 e. The number of carbonyl (C=O) groups excluding carboxylic acids is 2. The third kappa shape index (κ3) is 6.79. The number of benzene rings is 1. The molecule has 0 bridgehead atoms. The minimum Gasteiger partial charge on any atom is -0.338 e. The Hall–Kier alpha value is -2.62. The van der Waals surface area contributed by atoms with E-state index in [2.05, 4.69) is 31.0 Å². The highest BCUT2D eigenvalue weighted by atomic mass is 16.5. The lowest BCUT2D eigenvalue weighted by molar-refractivity contribution is -0.132. The predicted octanol–water partition coefficient (Wildman–Crippen LogP) is 1.59. The SMILES string of the molecule is CC(C)/C=C/C#Cc1ccc(C(=O)N[C@H](C(=O)NO)C(C)(C)N)cc1. The van der Waals surface area contributed by atoms with Crippen molar-refractivity contribution in [2.45, 2.75) is 39.3 Å². The summed E-state index contributed by atoms with van der Waals surface area (Å²) < 4.78 is 0. The van der Waals surface area contributed by atoms with Gasteiger partial charge in [-0.05, 0) is 50.1 Å². The summed E-state index contributed by atoms with van der Waals surface area (Å²) in [5.74, 6) is 5.10. The molecule has 0 spiro atoms. The van der Waals surface area contributed by atoms with Crippen LogP contribution in [-0.2, 0) is 4.79 Å². The number of allylic oxidation sites excluding steroid dienone is 2. The van der Waals surface area contributed by atoms with Crippen molar-refractivity contribution in [3.8, 4) is 11.8 Å². The fourth-order valence-electron chi connectivity index (χ4n) is 1.94. The van der Waals surface area contributed by atoms with Gasteiger partial charge >= 0.3 is 0 Å². The number of hydrogen-bond donors (Lipinski definition) is 4. The molecule has 0 aliphatic rings. The second-order valence-corrected chi connectivity index (χ2v) is 6.65. The highest BCUT2D eigenvalue weighted by Crippen LogP contribution is 2.09. The molecular weight excluding hydrogens is 318 g/mol. The van der Waals surface area contributed by atoms with E-state index in [4.69, 9.17) is 10.9 Å². The van der Waals surface area contributed by atoms with Gasteiger partial charge in [-0.25, -0.2) is 5.48 Å². The minimum atomic E-state index is -1.08. The third-order valence-corrected chi connectivity index (χ3v) is 3.32. The first-order chi connectivity index (χ1) is 11.6. The first-order valence-corrected chi connectivity index (χ1v) is 7.97. The topological polar surface area (TPSA) is 104 Å². The second-order valence-electron chi connectivity index (χ2n) is 6.65. The zero-order valence-electron chi connectivity index (χ0n) is 15.0. The van der Waals surface area contributed by atoms with Crippen molar-refractivity contribution in [2.75, 3.05) is 0 Å². The zero-order chi connectivity index (χ0) is 19.0. The van der Waals surface area contributed by atoms with Gasteiger partial charge < -0.3 is 11.1 Å². The van der Waals surface area contributed by atoms with Gasteiger partial charge in [0.1, 0.15) is 6.04 Å². The Bertz CT molecular complexity index is 689. The Balaban J connectivity index is 2.84. The molecule has 0 aliphatic carbocycles. The Kier molecular flexibility index (Phi) is 7.37. The summed E-state index contributed by atoms with van der Waals surface area (Å²) >= 11 is 0. The zero-order valence-corrected chi connectivity index (χ0v) is 15.0. The quantitative estimate of drug-likeness (QED) is 0.370. The van der Waals surface area contributed by atoms with Gasteiger partial charge in [-0.2, -0.15) is 0 Å². The molecule has 0 fully saturated rings. The fraction of sp³-hybridized carbons (Fsp3) is 0.368. The lowest BCUT2D eigenvalue weighted by Crippen LogP contribution is -2.61. The van der Waals surface area contributed by atoms with Gasteiger partial charge in [-0.3, -0.25) is 14.8 Å². The van der Waals surface area contributed by atoms with Crippen LogP contribution in [0.15, 0.2) is 36.4 Å². The van der Waals surface area contributed by atoms with E-state index in [1.165, 1.54) is 5.48 Å². The van der Waals surface area contributed by atoms with Crippen molar-refractivity contribution in [2.24, 2.45) is 11.7 Å². The van der Waals surface area contributed by atoms with E-state index in [-0.39, 0.29) is 0 Å². The summed E-state index contributed by atoms with van der Waals surface area (Å²) in [4.78, 5) is 24.0. The molecule has 0 aromatic heterocycles. The van der Waals surface area contributed by atoms with Gasteiger partial charge in [0.2, 0.25) is 0 Å². The van der Waals surface area contributed by atoms with Gasteiger partial charge in [0.15, 0.2) is 0 Å². The van der Waals surface area contributed by atoms with E-state index < -0.39 is 23.4 Å². The number of amides is 2. The van der Waals surface area contributed by atoms with Crippen LogP contribution < -0.4 is 16.5 Å². The maximum absolute atomic E-state index is 12.3. The molecule has 1 aromatic carbocycles. The molecule has 5 N–H and O–H groups in total. The summed E-state index contributed by atoms with van der Waals surface area (Å²) in [6.45, 7) is 7.30. The number of carbonyl (C=O) groups is 2. The number of nitrogens with one attached hydrogen (secondary N) is 2. The molecule has 0 radical (unpaired) electrons. The molecule has 2 amide bonds. The molecule has 1 aromatic rings. The predicted molar refractivity (Wildman–Crippen MR) is 96.7 cm³/mol. The first-order valence-electron chi connectivity index (χ1n) is 7.97. The van der Waals surface area contributed by atoms with Crippen molar-refractivity contribution >= 4 is 11.8 Å². The average molecular weight is 343 g/mol. The molecule has 1 rings (SSSR count). The van der Waals surface area contributed by atoms with E-state index in [1.54, 1.807) is 44.2 Å². The summed E-state index contributed by atoms with van der Waals surface area (Å²) in [6, 6.07) is 5.59. The average Bonchev–Trinajstić information content (AvgIpc) is 2.55. The fourth-order valence-corrected chi connectivity index (χ4v) is 1.94. The maximum atomic E-state index is 12.3. The molecule has 25 heavy (non-hydrogen) atoms. The largest absolute Gasteiger partial charge is 0.338 e. The van der Waals surface area contributed by atoms with Crippen LogP contribution in [0.5, 0.6) is 0 Å². The minimum absolute atomic E-state index is 0.364. The van der Waals surface area contributed by atoms with Crippen molar-refractivity contribution < 1.29 is 14.8 Å². The van der Waals surface area contributed by atoms with Crippen LogP contribution in [0.1, 0.15) is 43.6 Å². The molecule has 0 unspecified atom stereocenters. The van der Waals surface area contributed by atoms with Gasteiger partial charge in [-0.15, -0.1) is 0 Å². The van der Waals surface area contributed by atoms with Crippen LogP contribution in [-0.4, -0.2) is 28.6 Å². The van der Waals surface area contributed by atoms with Crippen molar-refractivity contribution in [1.82, 2.24) is 10.8 Å². The van der Waals surface area contributed by atoms with Crippen LogP contribution in [0.3, 0.4) is 0 Å². The van der Waals surface area contributed by atoms with Crippen LogP contribution >= 0.6 is 0 Å². The van der Waals surface area contributed by atoms with Crippen molar-refractivity contribution in [1.29, 1.82) is 0 Å². The lowest BCUT2D eigenvalue weighted by atomic mass is 9.95. The Morgan fingerprint density at radius 1 is 1.24 bits per heavy atom. The molecule has 134 valence electrons. The normalized spacial score (nSPS) is 12.4. The first kappa shape index (κ1) is 20.4. The summed E-state index contributed by atoms with van der Waals surface area (Å²) in [7, 11) is 0. The lowest BCUT2D eigenvalue weighted by Gasteiger charge is -2.29. The Morgan fingerprint density at radius 3 is 2.32 bits per heavy atom. The standard InChI is InChI=1S/C19H25N3O3/c1-13(2)7-5-6-8-14-9-11-15(12-10-14)17(23)21-16(18(24)22-25)19(3,4)20/h5,7,9-13,16,25H,20H2,1-4H3,(H,21,23)(H,22,24)/b7-5+/t16-/m1/s1. The maximum Gasteiger partial charge on any atom is 0.267 e. The number of rotatable bonds is 5. The molecule has 0 saturated carbocycles. The van der Waals surface area contributed by atoms with E-state index >= 15 is 0 Å².